The molecule has 4 aliphatic rings. The van der Waals surface area contributed by atoms with Crippen LogP contribution in [0, 0.1) is 34.5 Å². The summed E-state index contributed by atoms with van der Waals surface area (Å²) in [6, 6.07) is 0. The van der Waals surface area contributed by atoms with E-state index in [1.54, 1.807) is 13.0 Å². The van der Waals surface area contributed by atoms with Crippen LogP contribution in [0.1, 0.15) is 59.3 Å². The van der Waals surface area contributed by atoms with Gasteiger partial charge in [-0.05, 0) is 80.8 Å². The van der Waals surface area contributed by atoms with E-state index in [9.17, 15) is 9.59 Å². The van der Waals surface area contributed by atoms with Gasteiger partial charge in [0.05, 0.1) is 0 Å². The molecule has 4 rings (SSSR count). The molecule has 1 N–H and O–H groups in total. The Bertz CT molecular complexity index is 690. The Labute approximate surface area is 149 Å². The summed E-state index contributed by atoms with van der Waals surface area (Å²) in [7, 11) is 0. The normalized spacial score (nSPS) is 45.7. The van der Waals surface area contributed by atoms with Crippen LogP contribution in [0.2, 0.25) is 0 Å². The van der Waals surface area contributed by atoms with Gasteiger partial charge in [-0.15, -0.1) is 0 Å². The van der Waals surface area contributed by atoms with E-state index in [4.69, 9.17) is 5.26 Å². The van der Waals surface area contributed by atoms with E-state index in [1.165, 1.54) is 5.57 Å². The van der Waals surface area contributed by atoms with Gasteiger partial charge in [-0.25, -0.2) is 5.26 Å². The molecule has 25 heavy (non-hydrogen) atoms. The van der Waals surface area contributed by atoms with Crippen molar-refractivity contribution >= 4 is 11.6 Å². The molecule has 0 unspecified atom stereocenters. The second-order valence-electron chi connectivity index (χ2n) is 9.12. The van der Waals surface area contributed by atoms with Gasteiger partial charge in [-0.1, -0.05) is 19.4 Å². The molecule has 0 aromatic carbocycles. The summed E-state index contributed by atoms with van der Waals surface area (Å²) in [5.74, 6) is 2.01. The summed E-state index contributed by atoms with van der Waals surface area (Å²) in [5, 5.41) is 9.09. The van der Waals surface area contributed by atoms with Crippen LogP contribution in [-0.2, 0) is 14.5 Å². The zero-order valence-electron chi connectivity index (χ0n) is 15.4. The Morgan fingerprint density at radius 3 is 2.64 bits per heavy atom. The van der Waals surface area contributed by atoms with Gasteiger partial charge in [0.2, 0.25) is 11.5 Å². The highest BCUT2D eigenvalue weighted by Gasteiger charge is 2.59. The summed E-state index contributed by atoms with van der Waals surface area (Å²) in [4.78, 5) is 28.6. The lowest BCUT2D eigenvalue weighted by atomic mass is 9.47. The Hall–Kier alpha value is -1.42. The second kappa shape index (κ2) is 5.54. The third kappa shape index (κ3) is 2.22. The Morgan fingerprint density at radius 2 is 1.96 bits per heavy atom. The van der Waals surface area contributed by atoms with Crippen molar-refractivity contribution < 1.29 is 19.7 Å². The third-order valence-electron chi connectivity index (χ3n) is 8.21. The first-order valence-electron chi connectivity index (χ1n) is 9.61. The van der Waals surface area contributed by atoms with Crippen LogP contribution < -0.4 is 0 Å². The fourth-order valence-electron chi connectivity index (χ4n) is 7.00. The molecule has 0 aromatic rings. The second-order valence-corrected chi connectivity index (χ2v) is 9.12. The van der Waals surface area contributed by atoms with E-state index in [1.807, 2.05) is 6.08 Å². The number of carbonyl (C=O) groups excluding carboxylic acids is 2. The number of allylic oxidation sites excluding steroid dienone is 3. The van der Waals surface area contributed by atoms with Crippen molar-refractivity contribution in [2.24, 2.45) is 34.5 Å². The van der Waals surface area contributed by atoms with Gasteiger partial charge in [0.1, 0.15) is 5.78 Å². The molecule has 6 atom stereocenters. The topological polar surface area (TPSA) is 63.6 Å². The molecule has 3 fully saturated rings. The molecule has 136 valence electrons. The van der Waals surface area contributed by atoms with Crippen molar-refractivity contribution in [1.29, 1.82) is 0 Å². The Balaban J connectivity index is 1.70. The van der Waals surface area contributed by atoms with Crippen molar-refractivity contribution in [2.75, 3.05) is 0 Å². The summed E-state index contributed by atoms with van der Waals surface area (Å²) in [5.41, 5.74) is 1.10. The number of fused-ring (bicyclic) bond motifs is 5. The lowest BCUT2D eigenvalue weighted by Gasteiger charge is -2.56. The van der Waals surface area contributed by atoms with Crippen LogP contribution in [0.3, 0.4) is 0 Å². The van der Waals surface area contributed by atoms with E-state index in [0.717, 1.165) is 38.5 Å². The third-order valence-corrected chi connectivity index (χ3v) is 8.21. The number of ketones is 2. The highest BCUT2D eigenvalue weighted by Crippen LogP contribution is 2.66. The summed E-state index contributed by atoms with van der Waals surface area (Å²) in [6.45, 7) is 6.29. The molecule has 0 bridgehead atoms. The van der Waals surface area contributed by atoms with Gasteiger partial charge in [-0.2, -0.15) is 0 Å². The van der Waals surface area contributed by atoms with E-state index in [0.29, 0.717) is 23.5 Å². The quantitative estimate of drug-likeness (QED) is 0.599. The SMILES string of the molecule is CC(=O)[C@H]1CC[C@H]2[C@@H]3CCC4=CC(=O)C(OO)=C[C@]4(C)[C@H]3CC[C@]12C. The molecule has 4 aliphatic carbocycles. The minimum absolute atomic E-state index is 0.0632. The number of hydrogen-bond acceptors (Lipinski definition) is 4. The van der Waals surface area contributed by atoms with Crippen LogP contribution in [0.5, 0.6) is 0 Å². The molecular formula is C21H28O4. The average molecular weight is 344 g/mol. The highest BCUT2D eigenvalue weighted by molar-refractivity contribution is 6.04. The maximum absolute atomic E-state index is 12.2. The summed E-state index contributed by atoms with van der Waals surface area (Å²) >= 11 is 0. The van der Waals surface area contributed by atoms with Gasteiger partial charge in [-0.3, -0.25) is 9.59 Å². The number of rotatable bonds is 2. The summed E-state index contributed by atoms with van der Waals surface area (Å²) < 4.78 is 0. The largest absolute Gasteiger partial charge is 0.336 e. The number of Topliss-reactive ketones (excluding diaryl/α,β-unsaturated/α-hetero) is 1. The molecule has 0 amide bonds. The highest BCUT2D eigenvalue weighted by atomic mass is 17.1. The summed E-state index contributed by atoms with van der Waals surface area (Å²) in [6.07, 6.45) is 9.89. The Morgan fingerprint density at radius 1 is 1.20 bits per heavy atom. The van der Waals surface area contributed by atoms with Crippen LogP contribution >= 0.6 is 0 Å². The van der Waals surface area contributed by atoms with Gasteiger partial charge < -0.3 is 4.89 Å². The van der Waals surface area contributed by atoms with E-state index >= 15 is 0 Å². The standard InChI is InChI=1S/C21H28O4/c1-12(22)15-6-7-16-14-5-4-13-10-18(23)19(25-24)11-21(13,3)17(14)8-9-20(15,16)2/h10-11,14-17,24H,4-9H2,1-3H3/t14-,15+,16-,17-,20+,21-/m0/s1. The molecule has 0 aromatic heterocycles. The fraction of sp³-hybridized carbons (Fsp3) is 0.714. The minimum atomic E-state index is -0.230. The Kier molecular flexibility index (Phi) is 3.77. The van der Waals surface area contributed by atoms with Crippen molar-refractivity contribution in [3.05, 3.63) is 23.5 Å². The first-order chi connectivity index (χ1) is 11.8. The molecule has 4 nitrogen and oxygen atoms in total. The molecule has 0 radical (unpaired) electrons. The predicted octanol–water partition coefficient (Wildman–Crippen LogP) is 4.32. The van der Waals surface area contributed by atoms with Crippen LogP contribution in [0.4, 0.5) is 0 Å². The molecule has 0 saturated heterocycles. The van der Waals surface area contributed by atoms with Crippen molar-refractivity contribution in [1.82, 2.24) is 0 Å². The lowest BCUT2D eigenvalue weighted by Crippen LogP contribution is -2.50. The first-order valence-corrected chi connectivity index (χ1v) is 9.61. The zero-order chi connectivity index (χ0) is 18.0. The molecular weight excluding hydrogens is 316 g/mol. The number of carbonyl (C=O) groups is 2. The fourth-order valence-corrected chi connectivity index (χ4v) is 7.00. The van der Waals surface area contributed by atoms with E-state index in [-0.39, 0.29) is 28.3 Å². The molecule has 3 saturated carbocycles. The smallest absolute Gasteiger partial charge is 0.224 e. The van der Waals surface area contributed by atoms with Crippen LogP contribution in [-0.4, -0.2) is 16.8 Å². The lowest BCUT2D eigenvalue weighted by molar-refractivity contribution is -0.205. The van der Waals surface area contributed by atoms with Gasteiger partial charge >= 0.3 is 0 Å². The molecule has 4 heteroatoms. The van der Waals surface area contributed by atoms with Crippen molar-refractivity contribution in [3.63, 3.8) is 0 Å². The predicted molar refractivity (Wildman–Crippen MR) is 93.4 cm³/mol. The van der Waals surface area contributed by atoms with Gasteiger partial charge in [0.25, 0.3) is 0 Å². The maximum atomic E-state index is 12.2. The monoisotopic (exact) mass is 344 g/mol. The molecule has 0 spiro atoms. The van der Waals surface area contributed by atoms with Crippen molar-refractivity contribution in [3.8, 4) is 0 Å². The van der Waals surface area contributed by atoms with E-state index in [2.05, 4.69) is 18.7 Å². The number of hydrogen-bond donors (Lipinski definition) is 1. The maximum Gasteiger partial charge on any atom is 0.224 e. The van der Waals surface area contributed by atoms with E-state index < -0.39 is 0 Å². The van der Waals surface area contributed by atoms with Gasteiger partial charge in [0, 0.05) is 11.3 Å². The zero-order valence-corrected chi connectivity index (χ0v) is 15.4. The van der Waals surface area contributed by atoms with Crippen molar-refractivity contribution in [2.45, 2.75) is 59.3 Å². The molecule has 0 heterocycles. The van der Waals surface area contributed by atoms with Gasteiger partial charge in [0.15, 0.2) is 0 Å². The molecule has 0 aliphatic heterocycles. The van der Waals surface area contributed by atoms with Crippen LogP contribution in [0.15, 0.2) is 23.5 Å². The first kappa shape index (κ1) is 17.0. The average Bonchev–Trinajstić information content (AvgIpc) is 2.92. The minimum Gasteiger partial charge on any atom is -0.336 e. The van der Waals surface area contributed by atoms with Crippen LogP contribution in [0.25, 0.3) is 0 Å².